The van der Waals surface area contributed by atoms with Gasteiger partial charge in [0.05, 0.1) is 6.26 Å². The molecule has 0 aliphatic rings. The van der Waals surface area contributed by atoms with E-state index in [9.17, 15) is 0 Å². The topological polar surface area (TPSA) is 25.2 Å². The van der Waals surface area contributed by atoms with Gasteiger partial charge in [0.25, 0.3) is 0 Å². The summed E-state index contributed by atoms with van der Waals surface area (Å²) in [6, 6.07) is 10.3. The molecule has 0 aliphatic carbocycles. The average molecular weight is 201 g/mol. The summed E-state index contributed by atoms with van der Waals surface area (Å²) in [4.78, 5) is 0. The minimum atomic E-state index is 0.857. The molecule has 78 valence electrons. The SMILES string of the molecule is CNCc1ccc(C)cc1-c1ccco1. The van der Waals surface area contributed by atoms with Crippen LogP contribution in [0, 0.1) is 6.92 Å². The molecule has 1 heterocycles. The lowest BCUT2D eigenvalue weighted by atomic mass is 10.0. The van der Waals surface area contributed by atoms with Crippen molar-refractivity contribution in [2.45, 2.75) is 13.5 Å². The van der Waals surface area contributed by atoms with Gasteiger partial charge in [0, 0.05) is 12.1 Å². The van der Waals surface area contributed by atoms with Gasteiger partial charge in [0.1, 0.15) is 5.76 Å². The van der Waals surface area contributed by atoms with Crippen LogP contribution in [-0.4, -0.2) is 7.05 Å². The molecule has 0 radical (unpaired) electrons. The Morgan fingerprint density at radius 3 is 2.80 bits per heavy atom. The molecule has 0 aliphatic heterocycles. The molecule has 2 aromatic rings. The first-order chi connectivity index (χ1) is 7.31. The van der Waals surface area contributed by atoms with Gasteiger partial charge < -0.3 is 9.73 Å². The van der Waals surface area contributed by atoms with Gasteiger partial charge in [0.15, 0.2) is 0 Å². The lowest BCUT2D eigenvalue weighted by Crippen LogP contribution is -2.06. The van der Waals surface area contributed by atoms with E-state index in [1.54, 1.807) is 6.26 Å². The van der Waals surface area contributed by atoms with Crippen LogP contribution in [0.3, 0.4) is 0 Å². The van der Waals surface area contributed by atoms with Crippen LogP contribution >= 0.6 is 0 Å². The van der Waals surface area contributed by atoms with E-state index in [2.05, 4.69) is 30.4 Å². The molecule has 0 fully saturated rings. The molecule has 2 nitrogen and oxygen atoms in total. The van der Waals surface area contributed by atoms with Crippen LogP contribution in [0.1, 0.15) is 11.1 Å². The summed E-state index contributed by atoms with van der Waals surface area (Å²) in [5.41, 5.74) is 3.69. The first kappa shape index (κ1) is 9.99. The van der Waals surface area contributed by atoms with Gasteiger partial charge in [-0.25, -0.2) is 0 Å². The summed E-state index contributed by atoms with van der Waals surface area (Å²) in [5.74, 6) is 0.934. The third-order valence-corrected chi connectivity index (χ3v) is 2.42. The van der Waals surface area contributed by atoms with Gasteiger partial charge in [-0.1, -0.05) is 17.7 Å². The van der Waals surface area contributed by atoms with Crippen molar-refractivity contribution in [2.75, 3.05) is 7.05 Å². The maximum Gasteiger partial charge on any atom is 0.134 e. The van der Waals surface area contributed by atoms with Crippen molar-refractivity contribution in [2.24, 2.45) is 0 Å². The van der Waals surface area contributed by atoms with Gasteiger partial charge in [-0.2, -0.15) is 0 Å². The summed E-state index contributed by atoms with van der Waals surface area (Å²) < 4.78 is 5.43. The second kappa shape index (κ2) is 4.32. The number of furan rings is 1. The quantitative estimate of drug-likeness (QED) is 0.825. The molecule has 15 heavy (non-hydrogen) atoms. The van der Waals surface area contributed by atoms with Crippen molar-refractivity contribution in [3.05, 3.63) is 47.7 Å². The molecule has 0 amide bonds. The van der Waals surface area contributed by atoms with Gasteiger partial charge in [-0.05, 0) is 37.7 Å². The minimum Gasteiger partial charge on any atom is -0.464 e. The van der Waals surface area contributed by atoms with Crippen molar-refractivity contribution >= 4 is 0 Å². The normalized spacial score (nSPS) is 10.5. The number of nitrogens with one attached hydrogen (secondary N) is 1. The highest BCUT2D eigenvalue weighted by Gasteiger charge is 2.06. The van der Waals surface area contributed by atoms with Gasteiger partial charge in [-0.15, -0.1) is 0 Å². The van der Waals surface area contributed by atoms with Crippen LogP contribution in [0.15, 0.2) is 41.0 Å². The molecule has 0 unspecified atom stereocenters. The lowest BCUT2D eigenvalue weighted by molar-refractivity contribution is 0.581. The third-order valence-electron chi connectivity index (χ3n) is 2.42. The van der Waals surface area contributed by atoms with Crippen LogP contribution in [0.25, 0.3) is 11.3 Å². The van der Waals surface area contributed by atoms with Gasteiger partial charge >= 0.3 is 0 Å². The van der Waals surface area contributed by atoms with E-state index < -0.39 is 0 Å². The van der Waals surface area contributed by atoms with Crippen molar-refractivity contribution in [1.29, 1.82) is 0 Å². The molecule has 2 heteroatoms. The second-order valence-electron chi connectivity index (χ2n) is 3.67. The average Bonchev–Trinajstić information content (AvgIpc) is 2.74. The number of benzene rings is 1. The van der Waals surface area contributed by atoms with Crippen molar-refractivity contribution in [3.8, 4) is 11.3 Å². The zero-order valence-electron chi connectivity index (χ0n) is 9.08. The van der Waals surface area contributed by atoms with Crippen molar-refractivity contribution in [3.63, 3.8) is 0 Å². The summed E-state index contributed by atoms with van der Waals surface area (Å²) >= 11 is 0. The summed E-state index contributed by atoms with van der Waals surface area (Å²) in [7, 11) is 1.95. The molecule has 0 bridgehead atoms. The first-order valence-corrected chi connectivity index (χ1v) is 5.09. The van der Waals surface area contributed by atoms with Crippen molar-refractivity contribution in [1.82, 2.24) is 5.32 Å². The zero-order valence-corrected chi connectivity index (χ0v) is 9.08. The molecule has 1 aromatic carbocycles. The Morgan fingerprint density at radius 2 is 2.13 bits per heavy atom. The molecular weight excluding hydrogens is 186 g/mol. The van der Waals surface area contributed by atoms with Gasteiger partial charge in [-0.3, -0.25) is 0 Å². The molecule has 0 spiro atoms. The largest absolute Gasteiger partial charge is 0.464 e. The number of rotatable bonds is 3. The standard InChI is InChI=1S/C13H15NO/c1-10-5-6-11(9-14-2)12(8-10)13-4-3-7-15-13/h3-8,14H,9H2,1-2H3. The van der Waals surface area contributed by atoms with E-state index in [1.807, 2.05) is 19.2 Å². The predicted molar refractivity (Wildman–Crippen MR) is 61.6 cm³/mol. The van der Waals surface area contributed by atoms with E-state index in [-0.39, 0.29) is 0 Å². The predicted octanol–water partition coefficient (Wildman–Crippen LogP) is 2.97. The number of hydrogen-bond acceptors (Lipinski definition) is 2. The fourth-order valence-electron chi connectivity index (χ4n) is 1.70. The second-order valence-corrected chi connectivity index (χ2v) is 3.67. The summed E-state index contributed by atoms with van der Waals surface area (Å²) in [6.45, 7) is 2.95. The molecule has 0 atom stereocenters. The highest BCUT2D eigenvalue weighted by Crippen LogP contribution is 2.25. The summed E-state index contributed by atoms with van der Waals surface area (Å²) in [6.07, 6.45) is 1.71. The Balaban J connectivity index is 2.47. The smallest absolute Gasteiger partial charge is 0.134 e. The molecule has 2 rings (SSSR count). The molecule has 0 saturated heterocycles. The summed E-state index contributed by atoms with van der Waals surface area (Å²) in [5, 5.41) is 3.16. The van der Waals surface area contributed by atoms with E-state index in [4.69, 9.17) is 4.42 Å². The Morgan fingerprint density at radius 1 is 1.27 bits per heavy atom. The first-order valence-electron chi connectivity index (χ1n) is 5.09. The van der Waals surface area contributed by atoms with Crippen LogP contribution in [0.5, 0.6) is 0 Å². The molecule has 1 aromatic heterocycles. The fourth-order valence-corrected chi connectivity index (χ4v) is 1.70. The molecule has 1 N–H and O–H groups in total. The Hall–Kier alpha value is -1.54. The van der Waals surface area contributed by atoms with Crippen molar-refractivity contribution < 1.29 is 4.42 Å². The fraction of sp³-hybridized carbons (Fsp3) is 0.231. The lowest BCUT2D eigenvalue weighted by Gasteiger charge is -2.07. The maximum atomic E-state index is 5.43. The monoisotopic (exact) mass is 201 g/mol. The van der Waals surface area contributed by atoms with Crippen LogP contribution < -0.4 is 5.32 Å². The maximum absolute atomic E-state index is 5.43. The zero-order chi connectivity index (χ0) is 10.7. The Bertz CT molecular complexity index is 432. The highest BCUT2D eigenvalue weighted by molar-refractivity contribution is 5.63. The Kier molecular flexibility index (Phi) is 2.88. The van der Waals surface area contributed by atoms with Crippen LogP contribution in [0.4, 0.5) is 0 Å². The van der Waals surface area contributed by atoms with E-state index in [1.165, 1.54) is 16.7 Å². The van der Waals surface area contributed by atoms with Gasteiger partial charge in [0.2, 0.25) is 0 Å². The van der Waals surface area contributed by atoms with E-state index >= 15 is 0 Å². The van der Waals surface area contributed by atoms with E-state index in [0.29, 0.717) is 0 Å². The van der Waals surface area contributed by atoms with Crippen LogP contribution in [-0.2, 0) is 6.54 Å². The highest BCUT2D eigenvalue weighted by atomic mass is 16.3. The molecular formula is C13H15NO. The third kappa shape index (κ3) is 2.10. The number of aryl methyl sites for hydroxylation is 1. The van der Waals surface area contributed by atoms with E-state index in [0.717, 1.165) is 12.3 Å². The molecule has 0 saturated carbocycles. The van der Waals surface area contributed by atoms with Crippen LogP contribution in [0.2, 0.25) is 0 Å². The number of hydrogen-bond donors (Lipinski definition) is 1. The minimum absolute atomic E-state index is 0.857. The Labute approximate surface area is 89.9 Å².